The Kier molecular flexibility index (Phi) is 7.84. The molecule has 0 saturated carbocycles. The van der Waals surface area contributed by atoms with Crippen LogP contribution in [0, 0.1) is 6.92 Å². The fourth-order valence-electron chi connectivity index (χ4n) is 2.56. The van der Waals surface area contributed by atoms with Crippen LogP contribution in [0.5, 0.6) is 0 Å². The summed E-state index contributed by atoms with van der Waals surface area (Å²) in [4.78, 5) is 33.4. The Morgan fingerprint density at radius 3 is 2.74 bits per heavy atom. The number of furan rings is 1. The Hall–Kier alpha value is -2.35. The Morgan fingerprint density at radius 2 is 2.11 bits per heavy atom. The van der Waals surface area contributed by atoms with Gasteiger partial charge in [0.25, 0.3) is 0 Å². The lowest BCUT2D eigenvalue weighted by Crippen LogP contribution is -2.33. The summed E-state index contributed by atoms with van der Waals surface area (Å²) in [6, 6.07) is 3.59. The quantitative estimate of drug-likeness (QED) is 0.396. The number of aryl methyl sites for hydroxylation is 1. The van der Waals surface area contributed by atoms with Crippen LogP contribution in [0.2, 0.25) is 0 Å². The Bertz CT molecular complexity index is 778. The van der Waals surface area contributed by atoms with Crippen molar-refractivity contribution in [3.63, 3.8) is 0 Å². The molecule has 0 aromatic carbocycles. The smallest absolute Gasteiger partial charge is 0.342 e. The van der Waals surface area contributed by atoms with Crippen molar-refractivity contribution >= 4 is 23.6 Å². The first-order chi connectivity index (χ1) is 13.0. The maximum atomic E-state index is 12.4. The molecule has 146 valence electrons. The zero-order valence-corrected chi connectivity index (χ0v) is 16.9. The van der Waals surface area contributed by atoms with E-state index in [0.29, 0.717) is 22.3 Å². The number of ether oxygens (including phenoxy) is 1. The van der Waals surface area contributed by atoms with Gasteiger partial charge in [-0.05, 0) is 39.3 Å². The lowest BCUT2D eigenvalue weighted by molar-refractivity contribution is -0.119. The monoisotopic (exact) mass is 391 g/mol. The minimum absolute atomic E-state index is 0.105. The number of aromatic nitrogens is 2. The fourth-order valence-corrected chi connectivity index (χ4v) is 3.44. The zero-order valence-electron chi connectivity index (χ0n) is 16.1. The van der Waals surface area contributed by atoms with Crippen molar-refractivity contribution in [2.24, 2.45) is 0 Å². The predicted molar refractivity (Wildman–Crippen MR) is 104 cm³/mol. The van der Waals surface area contributed by atoms with Gasteiger partial charge in [-0.15, -0.1) is 0 Å². The second-order valence-electron chi connectivity index (χ2n) is 6.06. The molecule has 0 aliphatic carbocycles. The van der Waals surface area contributed by atoms with Crippen LogP contribution in [0.1, 0.15) is 49.7 Å². The summed E-state index contributed by atoms with van der Waals surface area (Å²) in [5.74, 6) is 0.410. The van der Waals surface area contributed by atoms with Gasteiger partial charge in [-0.1, -0.05) is 25.1 Å². The van der Waals surface area contributed by atoms with Crippen molar-refractivity contribution in [1.29, 1.82) is 0 Å². The SMILES string of the molecule is CCC[C@H](C)NC(=O)CSc1nc(-c2ccco2)nc(C)c1C(=O)OCC. The van der Waals surface area contributed by atoms with Gasteiger partial charge in [0.05, 0.1) is 24.3 Å². The molecule has 1 N–H and O–H groups in total. The normalized spacial score (nSPS) is 11.9. The van der Waals surface area contributed by atoms with E-state index in [1.807, 2.05) is 6.92 Å². The van der Waals surface area contributed by atoms with E-state index in [4.69, 9.17) is 9.15 Å². The number of nitrogens with zero attached hydrogens (tertiary/aromatic N) is 2. The molecule has 0 fully saturated rings. The molecule has 2 aromatic heterocycles. The Morgan fingerprint density at radius 1 is 1.33 bits per heavy atom. The lowest BCUT2D eigenvalue weighted by Gasteiger charge is -2.14. The molecule has 8 heteroatoms. The second-order valence-corrected chi connectivity index (χ2v) is 7.02. The van der Waals surface area contributed by atoms with E-state index in [1.54, 1.807) is 26.0 Å². The average Bonchev–Trinajstić information content (AvgIpc) is 3.14. The van der Waals surface area contributed by atoms with Crippen LogP contribution in [0.3, 0.4) is 0 Å². The summed E-state index contributed by atoms with van der Waals surface area (Å²) in [7, 11) is 0. The highest BCUT2D eigenvalue weighted by molar-refractivity contribution is 8.00. The maximum Gasteiger partial charge on any atom is 0.342 e. The first kappa shape index (κ1) is 21.0. The van der Waals surface area contributed by atoms with Crippen molar-refractivity contribution in [3.05, 3.63) is 29.7 Å². The molecule has 0 aliphatic heterocycles. The summed E-state index contributed by atoms with van der Waals surface area (Å²) in [5.41, 5.74) is 0.767. The van der Waals surface area contributed by atoms with Crippen LogP contribution >= 0.6 is 11.8 Å². The largest absolute Gasteiger partial charge is 0.462 e. The van der Waals surface area contributed by atoms with Crippen molar-refractivity contribution in [2.45, 2.75) is 51.6 Å². The lowest BCUT2D eigenvalue weighted by atomic mass is 10.2. The zero-order chi connectivity index (χ0) is 19.8. The van der Waals surface area contributed by atoms with E-state index >= 15 is 0 Å². The van der Waals surface area contributed by atoms with Gasteiger partial charge in [0.15, 0.2) is 11.6 Å². The summed E-state index contributed by atoms with van der Waals surface area (Å²) in [5, 5.41) is 3.35. The number of carbonyl (C=O) groups is 2. The molecule has 2 rings (SSSR count). The van der Waals surface area contributed by atoms with Crippen LogP contribution in [0.4, 0.5) is 0 Å². The summed E-state index contributed by atoms with van der Waals surface area (Å²) in [6.45, 7) is 7.74. The highest BCUT2D eigenvalue weighted by Crippen LogP contribution is 2.27. The predicted octanol–water partition coefficient (Wildman–Crippen LogP) is 3.62. The molecular formula is C19H25N3O4S. The van der Waals surface area contributed by atoms with Crippen LogP contribution in [0.15, 0.2) is 27.8 Å². The van der Waals surface area contributed by atoms with Gasteiger partial charge < -0.3 is 14.5 Å². The molecule has 7 nitrogen and oxygen atoms in total. The Balaban J connectivity index is 2.25. The number of thioether (sulfide) groups is 1. The molecule has 0 spiro atoms. The van der Waals surface area contributed by atoms with Gasteiger partial charge in [-0.25, -0.2) is 14.8 Å². The highest BCUT2D eigenvalue weighted by atomic mass is 32.2. The molecule has 0 bridgehead atoms. The molecule has 27 heavy (non-hydrogen) atoms. The summed E-state index contributed by atoms with van der Waals surface area (Å²) >= 11 is 1.19. The van der Waals surface area contributed by atoms with Crippen LogP contribution in [-0.2, 0) is 9.53 Å². The van der Waals surface area contributed by atoms with E-state index in [9.17, 15) is 9.59 Å². The number of hydrogen-bond acceptors (Lipinski definition) is 7. The van der Waals surface area contributed by atoms with Crippen molar-refractivity contribution in [2.75, 3.05) is 12.4 Å². The minimum Gasteiger partial charge on any atom is -0.462 e. The minimum atomic E-state index is -0.497. The van der Waals surface area contributed by atoms with E-state index in [2.05, 4.69) is 22.2 Å². The van der Waals surface area contributed by atoms with Gasteiger partial charge in [0, 0.05) is 6.04 Å². The van der Waals surface area contributed by atoms with Crippen LogP contribution < -0.4 is 5.32 Å². The van der Waals surface area contributed by atoms with E-state index in [0.717, 1.165) is 12.8 Å². The number of hydrogen-bond donors (Lipinski definition) is 1. The first-order valence-electron chi connectivity index (χ1n) is 8.98. The molecule has 0 unspecified atom stereocenters. The van der Waals surface area contributed by atoms with Crippen molar-refractivity contribution < 1.29 is 18.7 Å². The summed E-state index contributed by atoms with van der Waals surface area (Å²) in [6.07, 6.45) is 3.45. The van der Waals surface area contributed by atoms with Gasteiger partial charge in [-0.3, -0.25) is 4.79 Å². The third-order valence-corrected chi connectivity index (χ3v) is 4.72. The number of rotatable bonds is 9. The standard InChI is InChI=1S/C19H25N3O4S/c1-5-8-12(3)20-15(23)11-27-18-16(19(24)25-6-2)13(4)21-17(22-18)14-9-7-10-26-14/h7,9-10,12H,5-6,8,11H2,1-4H3,(H,20,23)/t12-/m0/s1. The molecule has 0 aliphatic rings. The van der Waals surface area contributed by atoms with Crippen LogP contribution in [0.25, 0.3) is 11.6 Å². The van der Waals surface area contributed by atoms with Crippen LogP contribution in [-0.4, -0.2) is 40.2 Å². The fraction of sp³-hybridized carbons (Fsp3) is 0.474. The molecule has 2 aromatic rings. The molecule has 0 radical (unpaired) electrons. The van der Waals surface area contributed by atoms with Gasteiger partial charge in [0.1, 0.15) is 10.6 Å². The highest BCUT2D eigenvalue weighted by Gasteiger charge is 2.22. The maximum absolute atomic E-state index is 12.4. The van der Waals surface area contributed by atoms with E-state index < -0.39 is 5.97 Å². The van der Waals surface area contributed by atoms with Gasteiger partial charge in [0.2, 0.25) is 5.91 Å². The second kappa shape index (κ2) is 10.1. The topological polar surface area (TPSA) is 94.3 Å². The summed E-state index contributed by atoms with van der Waals surface area (Å²) < 4.78 is 10.5. The molecule has 1 amide bonds. The number of amides is 1. The van der Waals surface area contributed by atoms with E-state index in [1.165, 1.54) is 18.0 Å². The molecule has 0 saturated heterocycles. The van der Waals surface area contributed by atoms with Gasteiger partial charge >= 0.3 is 5.97 Å². The third-order valence-electron chi connectivity index (χ3n) is 3.75. The van der Waals surface area contributed by atoms with Crippen molar-refractivity contribution in [1.82, 2.24) is 15.3 Å². The number of nitrogens with one attached hydrogen (secondary N) is 1. The number of carbonyl (C=O) groups excluding carboxylic acids is 2. The first-order valence-corrected chi connectivity index (χ1v) is 9.96. The van der Waals surface area contributed by atoms with E-state index in [-0.39, 0.29) is 29.9 Å². The Labute approximate surface area is 163 Å². The third kappa shape index (κ3) is 5.82. The molecule has 1 atom stereocenters. The molecular weight excluding hydrogens is 366 g/mol. The van der Waals surface area contributed by atoms with Gasteiger partial charge in [-0.2, -0.15) is 0 Å². The average molecular weight is 391 g/mol. The number of esters is 1. The molecule has 2 heterocycles. The van der Waals surface area contributed by atoms with Crippen molar-refractivity contribution in [3.8, 4) is 11.6 Å².